The molecule has 0 fully saturated rings. The zero-order chi connectivity index (χ0) is 18.4. The number of amides is 2. The molecule has 0 spiro atoms. The quantitative estimate of drug-likeness (QED) is 0.707. The second-order valence-electron chi connectivity index (χ2n) is 5.42. The van der Waals surface area contributed by atoms with E-state index in [1.54, 1.807) is 30.3 Å². The number of benzene rings is 2. The van der Waals surface area contributed by atoms with Crippen LogP contribution in [0, 0.1) is 6.92 Å². The third-order valence-electron chi connectivity index (χ3n) is 3.48. The lowest BCUT2D eigenvalue weighted by Crippen LogP contribution is -2.24. The number of hydrogen-bond acceptors (Lipinski definition) is 3. The standard InChI is InChI=1S/C18H19Cl2N3O2/c1-3-21-18(25)12-5-4-11(2)15(8-12)22-10-17(24)23-16-9-13(19)6-7-14(16)20/h4-9,22H,3,10H2,1-2H3,(H,21,25)(H,23,24). The lowest BCUT2D eigenvalue weighted by molar-refractivity contribution is -0.114. The van der Waals surface area contributed by atoms with E-state index >= 15 is 0 Å². The van der Waals surface area contributed by atoms with Crippen molar-refractivity contribution in [3.63, 3.8) is 0 Å². The van der Waals surface area contributed by atoms with Crippen LogP contribution in [0.25, 0.3) is 0 Å². The number of halogens is 2. The molecule has 5 nitrogen and oxygen atoms in total. The Labute approximate surface area is 156 Å². The summed E-state index contributed by atoms with van der Waals surface area (Å²) in [6.07, 6.45) is 0. The van der Waals surface area contributed by atoms with Crippen LogP contribution in [0.15, 0.2) is 36.4 Å². The molecule has 0 heterocycles. The highest BCUT2D eigenvalue weighted by Gasteiger charge is 2.10. The van der Waals surface area contributed by atoms with Crippen molar-refractivity contribution in [1.82, 2.24) is 5.32 Å². The van der Waals surface area contributed by atoms with E-state index in [0.717, 1.165) is 11.3 Å². The molecule has 0 aliphatic rings. The van der Waals surface area contributed by atoms with E-state index in [-0.39, 0.29) is 18.4 Å². The summed E-state index contributed by atoms with van der Waals surface area (Å²) in [7, 11) is 0. The van der Waals surface area contributed by atoms with Gasteiger partial charge in [0.15, 0.2) is 0 Å². The molecule has 2 aromatic carbocycles. The highest BCUT2D eigenvalue weighted by Crippen LogP contribution is 2.25. The minimum Gasteiger partial charge on any atom is -0.376 e. The smallest absolute Gasteiger partial charge is 0.251 e. The molecule has 0 radical (unpaired) electrons. The minimum atomic E-state index is -0.271. The third-order valence-corrected chi connectivity index (χ3v) is 4.04. The van der Waals surface area contributed by atoms with Gasteiger partial charge < -0.3 is 16.0 Å². The van der Waals surface area contributed by atoms with Crippen molar-refractivity contribution in [2.24, 2.45) is 0 Å². The Morgan fingerprint density at radius 3 is 2.52 bits per heavy atom. The zero-order valence-corrected chi connectivity index (χ0v) is 15.5. The lowest BCUT2D eigenvalue weighted by atomic mass is 10.1. The van der Waals surface area contributed by atoms with Crippen molar-refractivity contribution in [2.75, 3.05) is 23.7 Å². The summed E-state index contributed by atoms with van der Waals surface area (Å²) in [5.41, 5.74) is 2.64. The molecule has 0 saturated carbocycles. The molecule has 0 unspecified atom stereocenters. The van der Waals surface area contributed by atoms with E-state index in [0.29, 0.717) is 27.8 Å². The average Bonchev–Trinajstić information content (AvgIpc) is 2.57. The van der Waals surface area contributed by atoms with Gasteiger partial charge in [-0.1, -0.05) is 29.3 Å². The average molecular weight is 380 g/mol. The van der Waals surface area contributed by atoms with Crippen LogP contribution in [0.4, 0.5) is 11.4 Å². The third kappa shape index (κ3) is 5.37. The van der Waals surface area contributed by atoms with E-state index < -0.39 is 0 Å². The van der Waals surface area contributed by atoms with E-state index in [4.69, 9.17) is 23.2 Å². The van der Waals surface area contributed by atoms with E-state index in [1.165, 1.54) is 0 Å². The van der Waals surface area contributed by atoms with Crippen molar-refractivity contribution in [3.8, 4) is 0 Å². The van der Waals surface area contributed by atoms with Crippen LogP contribution in [0.3, 0.4) is 0 Å². The van der Waals surface area contributed by atoms with Crippen molar-refractivity contribution in [2.45, 2.75) is 13.8 Å². The maximum Gasteiger partial charge on any atom is 0.251 e. The Kier molecular flexibility index (Phi) is 6.67. The first-order valence-corrected chi connectivity index (χ1v) is 8.54. The first kappa shape index (κ1) is 19.1. The predicted octanol–water partition coefficient (Wildman–Crippen LogP) is 4.10. The number of rotatable bonds is 6. The zero-order valence-electron chi connectivity index (χ0n) is 14.0. The maximum absolute atomic E-state index is 12.1. The Hall–Kier alpha value is -2.24. The molecule has 0 atom stereocenters. The minimum absolute atomic E-state index is 0.0303. The second kappa shape index (κ2) is 8.74. The van der Waals surface area contributed by atoms with Gasteiger partial charge >= 0.3 is 0 Å². The van der Waals surface area contributed by atoms with E-state index in [9.17, 15) is 9.59 Å². The van der Waals surface area contributed by atoms with E-state index in [1.807, 2.05) is 19.9 Å². The SMILES string of the molecule is CCNC(=O)c1ccc(C)c(NCC(=O)Nc2cc(Cl)ccc2Cl)c1. The predicted molar refractivity (Wildman–Crippen MR) is 103 cm³/mol. The number of nitrogens with one attached hydrogen (secondary N) is 3. The van der Waals surface area contributed by atoms with Gasteiger partial charge in [-0.2, -0.15) is 0 Å². The van der Waals surface area contributed by atoms with Crippen LogP contribution in [0.2, 0.25) is 10.0 Å². The van der Waals surface area contributed by atoms with Crippen LogP contribution in [-0.2, 0) is 4.79 Å². The molecule has 2 amide bonds. The highest BCUT2D eigenvalue weighted by atomic mass is 35.5. The first-order chi connectivity index (χ1) is 11.9. The van der Waals surface area contributed by atoms with Gasteiger partial charge in [-0.3, -0.25) is 9.59 Å². The number of carbonyl (C=O) groups excluding carboxylic acids is 2. The molecule has 0 saturated heterocycles. The molecule has 2 aromatic rings. The molecule has 0 aromatic heterocycles. The Bertz CT molecular complexity index is 794. The van der Waals surface area contributed by atoms with Gasteiger partial charge in [0, 0.05) is 22.8 Å². The largest absolute Gasteiger partial charge is 0.376 e. The van der Waals surface area contributed by atoms with Crippen molar-refractivity contribution >= 4 is 46.4 Å². The second-order valence-corrected chi connectivity index (χ2v) is 6.26. The Balaban J connectivity index is 2.02. The van der Waals surface area contributed by atoms with Gasteiger partial charge in [-0.15, -0.1) is 0 Å². The first-order valence-electron chi connectivity index (χ1n) is 7.78. The topological polar surface area (TPSA) is 70.2 Å². The Morgan fingerprint density at radius 1 is 1.04 bits per heavy atom. The van der Waals surface area contributed by atoms with E-state index in [2.05, 4.69) is 16.0 Å². The van der Waals surface area contributed by atoms with Crippen molar-refractivity contribution < 1.29 is 9.59 Å². The fourth-order valence-electron chi connectivity index (χ4n) is 2.18. The van der Waals surface area contributed by atoms with Crippen molar-refractivity contribution in [1.29, 1.82) is 0 Å². The normalized spacial score (nSPS) is 10.2. The summed E-state index contributed by atoms with van der Waals surface area (Å²) in [6, 6.07) is 10.2. The molecule has 2 rings (SSSR count). The van der Waals surface area contributed by atoms with Crippen molar-refractivity contribution in [3.05, 3.63) is 57.6 Å². The number of hydrogen-bond donors (Lipinski definition) is 3. The monoisotopic (exact) mass is 379 g/mol. The fourth-order valence-corrected chi connectivity index (χ4v) is 2.52. The van der Waals surface area contributed by atoms with Crippen LogP contribution >= 0.6 is 23.2 Å². The summed E-state index contributed by atoms with van der Waals surface area (Å²) in [4.78, 5) is 24.0. The lowest BCUT2D eigenvalue weighted by Gasteiger charge is -2.12. The molecule has 25 heavy (non-hydrogen) atoms. The Morgan fingerprint density at radius 2 is 1.80 bits per heavy atom. The number of carbonyl (C=O) groups is 2. The summed E-state index contributed by atoms with van der Waals surface area (Å²) in [5, 5.41) is 9.38. The maximum atomic E-state index is 12.1. The number of aryl methyl sites for hydroxylation is 1. The van der Waals surface area contributed by atoms with Gasteiger partial charge in [-0.25, -0.2) is 0 Å². The summed E-state index contributed by atoms with van der Waals surface area (Å²) in [6.45, 7) is 4.34. The highest BCUT2D eigenvalue weighted by molar-refractivity contribution is 6.35. The molecular formula is C18H19Cl2N3O2. The molecule has 7 heteroatoms. The van der Waals surface area contributed by atoms with Gasteiger partial charge in [0.2, 0.25) is 5.91 Å². The number of anilines is 2. The van der Waals surface area contributed by atoms with Gasteiger partial charge in [0.25, 0.3) is 5.91 Å². The van der Waals surface area contributed by atoms with Gasteiger partial charge in [0.1, 0.15) is 0 Å². The van der Waals surface area contributed by atoms with Crippen LogP contribution in [0.5, 0.6) is 0 Å². The molecular weight excluding hydrogens is 361 g/mol. The fraction of sp³-hybridized carbons (Fsp3) is 0.222. The molecule has 132 valence electrons. The molecule has 0 bridgehead atoms. The molecule has 0 aliphatic heterocycles. The van der Waals surface area contributed by atoms with Gasteiger partial charge in [0.05, 0.1) is 17.3 Å². The van der Waals surface area contributed by atoms with Gasteiger partial charge in [-0.05, 0) is 49.7 Å². The summed E-state index contributed by atoms with van der Waals surface area (Å²) >= 11 is 11.9. The summed E-state index contributed by atoms with van der Waals surface area (Å²) in [5.74, 6) is -0.423. The summed E-state index contributed by atoms with van der Waals surface area (Å²) < 4.78 is 0. The van der Waals surface area contributed by atoms with Crippen LogP contribution in [-0.4, -0.2) is 24.9 Å². The molecule has 0 aliphatic carbocycles. The van der Waals surface area contributed by atoms with Crippen LogP contribution < -0.4 is 16.0 Å². The van der Waals surface area contributed by atoms with Crippen LogP contribution in [0.1, 0.15) is 22.8 Å². The molecule has 3 N–H and O–H groups in total.